The average Bonchev–Trinajstić information content (AvgIpc) is 3.61. The molecule has 4 heteroatoms. The summed E-state index contributed by atoms with van der Waals surface area (Å²) in [5, 5.41) is 1.25. The second kappa shape index (κ2) is 14.0. The van der Waals surface area contributed by atoms with E-state index in [9.17, 15) is 0 Å². The van der Waals surface area contributed by atoms with Crippen molar-refractivity contribution in [2.75, 3.05) is 0 Å². The van der Waals surface area contributed by atoms with Crippen LogP contribution >= 0.6 is 0 Å². The maximum atomic E-state index is 4.41. The Morgan fingerprint density at radius 3 is 1.60 bits per heavy atom. The Hall–Kier alpha value is -4.41. The van der Waals surface area contributed by atoms with Gasteiger partial charge in [0.05, 0.1) is 21.0 Å². The highest BCUT2D eigenvalue weighted by Crippen LogP contribution is 2.33. The summed E-state index contributed by atoms with van der Waals surface area (Å²) in [5.74, 6) is 0.532. The Balaban J connectivity index is 0.000000211. The van der Waals surface area contributed by atoms with Gasteiger partial charge in [0, 0.05) is 12.4 Å². The fraction of sp³-hybridized carbons (Fsp3) is 0.132. The van der Waals surface area contributed by atoms with Gasteiger partial charge in [-0.15, -0.1) is 0 Å². The highest BCUT2D eigenvalue weighted by molar-refractivity contribution is 6.84. The first kappa shape index (κ1) is 29.1. The second-order valence-electron chi connectivity index (χ2n) is 11.2. The van der Waals surface area contributed by atoms with Crippen LogP contribution in [0.1, 0.15) is 36.5 Å². The van der Waals surface area contributed by atoms with Gasteiger partial charge in [-0.25, -0.2) is 4.98 Å². The summed E-state index contributed by atoms with van der Waals surface area (Å²) in [7, 11) is -0.800. The normalized spacial score (nSPS) is 11.3. The monoisotopic (exact) mass is 562 g/mol. The molecule has 5 aromatic carbocycles. The molecule has 6 aromatic rings. The van der Waals surface area contributed by atoms with Crippen LogP contribution in [0, 0.1) is 0 Å². The van der Waals surface area contributed by atoms with E-state index in [0.717, 1.165) is 0 Å². The first-order valence-corrected chi connectivity index (χ1v) is 16.3. The van der Waals surface area contributed by atoms with Gasteiger partial charge in [-0.3, -0.25) is 0 Å². The van der Waals surface area contributed by atoms with Crippen molar-refractivity contribution >= 4 is 32.3 Å². The van der Waals surface area contributed by atoms with E-state index < -0.39 is 9.52 Å². The van der Waals surface area contributed by atoms with Gasteiger partial charge in [0.15, 0.2) is 0 Å². The molecule has 1 aromatic heterocycles. The molecule has 0 N–H and O–H groups in total. The van der Waals surface area contributed by atoms with E-state index >= 15 is 0 Å². The van der Waals surface area contributed by atoms with Crippen LogP contribution in [0.4, 0.5) is 0 Å². The van der Waals surface area contributed by atoms with Gasteiger partial charge in [-0.1, -0.05) is 182 Å². The number of benzene rings is 5. The zero-order valence-electron chi connectivity index (χ0n) is 24.8. The molecule has 42 heavy (non-hydrogen) atoms. The van der Waals surface area contributed by atoms with E-state index in [2.05, 4.69) is 182 Å². The van der Waals surface area contributed by atoms with Crippen molar-refractivity contribution in [3.05, 3.63) is 181 Å². The Labute approximate surface area is 254 Å². The van der Waals surface area contributed by atoms with Crippen molar-refractivity contribution in [2.45, 2.75) is 31.8 Å². The van der Waals surface area contributed by atoms with Crippen LogP contribution in [0.5, 0.6) is 0 Å². The number of aromatic nitrogens is 2. The van der Waals surface area contributed by atoms with Gasteiger partial charge in [-0.2, -0.15) is 0 Å². The van der Waals surface area contributed by atoms with Crippen LogP contribution in [-0.4, -0.2) is 25.8 Å². The van der Waals surface area contributed by atoms with Crippen LogP contribution in [0.15, 0.2) is 164 Å². The summed E-state index contributed by atoms with van der Waals surface area (Å²) in [4.78, 5) is 4.41. The molecule has 6 rings (SSSR count). The highest BCUT2D eigenvalue weighted by Gasteiger charge is 2.36. The molecule has 0 aliphatic heterocycles. The third-order valence-corrected chi connectivity index (χ3v) is 10.7. The van der Waals surface area contributed by atoms with E-state index in [4.69, 9.17) is 0 Å². The lowest BCUT2D eigenvalue weighted by Crippen LogP contribution is -2.46. The summed E-state index contributed by atoms with van der Waals surface area (Å²) in [6.07, 6.45) is 5.97. The molecule has 208 valence electrons. The Bertz CT molecular complexity index is 1540. The van der Waals surface area contributed by atoms with Crippen LogP contribution < -0.4 is 16.1 Å². The summed E-state index contributed by atoms with van der Waals surface area (Å²) in [6, 6.07) is 52.1. The molecule has 0 aliphatic rings. The molecule has 2 nitrogen and oxygen atoms in total. The van der Waals surface area contributed by atoms with Crippen LogP contribution in [-0.2, 0) is 5.16 Å². The Morgan fingerprint density at radius 2 is 1.14 bits per heavy atom. The molecule has 0 saturated carbocycles. The second-order valence-corrected chi connectivity index (χ2v) is 13.4. The topological polar surface area (TPSA) is 17.8 Å². The maximum absolute atomic E-state index is 4.41. The van der Waals surface area contributed by atoms with E-state index in [1.807, 2.05) is 12.5 Å². The minimum absolute atomic E-state index is 0.214. The van der Waals surface area contributed by atoms with E-state index in [0.29, 0.717) is 12.6 Å². The fourth-order valence-electron chi connectivity index (χ4n) is 5.71. The quantitative estimate of drug-likeness (QED) is 0.203. The number of rotatable bonds is 8. The molecular formula is C38H39BN2Si. The molecule has 0 unspecified atom stereocenters. The summed E-state index contributed by atoms with van der Waals surface area (Å²) >= 11 is 0. The van der Waals surface area contributed by atoms with Gasteiger partial charge in [0.1, 0.15) is 0 Å². The van der Waals surface area contributed by atoms with Crippen molar-refractivity contribution < 1.29 is 0 Å². The molecule has 0 saturated heterocycles. The minimum Gasteiger partial charge on any atom is -0.326 e. The van der Waals surface area contributed by atoms with Crippen molar-refractivity contribution in [1.82, 2.24) is 9.55 Å². The number of imidazole rings is 1. The smallest absolute Gasteiger partial charge is 0.206 e. The zero-order valence-corrected chi connectivity index (χ0v) is 26.3. The lowest BCUT2D eigenvalue weighted by molar-refractivity contribution is 0.596. The van der Waals surface area contributed by atoms with E-state index in [1.54, 1.807) is 0 Å². The van der Waals surface area contributed by atoms with Gasteiger partial charge in [0.2, 0.25) is 6.71 Å². The number of hydrogen-bond acceptors (Lipinski definition) is 1. The van der Waals surface area contributed by atoms with Crippen molar-refractivity contribution in [3.63, 3.8) is 0 Å². The Morgan fingerprint density at radius 1 is 0.643 bits per heavy atom. The van der Waals surface area contributed by atoms with Gasteiger partial charge < -0.3 is 4.57 Å². The predicted molar refractivity (Wildman–Crippen MR) is 184 cm³/mol. The molecular weight excluding hydrogens is 523 g/mol. The highest BCUT2D eigenvalue weighted by atomic mass is 28.2. The fourth-order valence-corrected chi connectivity index (χ4v) is 8.14. The molecule has 0 radical (unpaired) electrons. The van der Waals surface area contributed by atoms with Crippen molar-refractivity contribution in [3.8, 4) is 0 Å². The molecule has 0 amide bonds. The average molecular weight is 563 g/mol. The lowest BCUT2D eigenvalue weighted by Gasteiger charge is -2.37. The minimum atomic E-state index is -0.800. The molecule has 0 aliphatic carbocycles. The first-order valence-electron chi connectivity index (χ1n) is 14.9. The zero-order chi connectivity index (χ0) is 29.2. The van der Waals surface area contributed by atoms with Gasteiger partial charge in [-0.05, 0) is 22.6 Å². The predicted octanol–water partition coefficient (Wildman–Crippen LogP) is 6.18. The summed E-state index contributed by atoms with van der Waals surface area (Å²) < 4.78 is 2.31. The van der Waals surface area contributed by atoms with Gasteiger partial charge >= 0.3 is 0 Å². The standard InChI is InChI=1S/C25H26N2Si.C13H13B/c1-20(2)21-10-9-15-24(18-21)28-25(27-17-16-26-19-27,22-11-5-3-6-12-22)23-13-7-4-8-14-23;1-14(12-8-4-2-5-9-12)13-10-6-3-7-11-13/h3-20H,28H2,1-2H3;2-11H,1H3. The number of nitrogens with zero attached hydrogens (tertiary/aromatic N) is 2. The van der Waals surface area contributed by atoms with Gasteiger partial charge in [0.25, 0.3) is 0 Å². The first-order chi connectivity index (χ1) is 20.6. The van der Waals surface area contributed by atoms with Crippen LogP contribution in [0.2, 0.25) is 6.82 Å². The number of hydrogen-bond donors (Lipinski definition) is 0. The summed E-state index contributed by atoms with van der Waals surface area (Å²) in [6.45, 7) is 7.25. The molecule has 0 atom stereocenters. The molecule has 0 spiro atoms. The van der Waals surface area contributed by atoms with Crippen molar-refractivity contribution in [1.29, 1.82) is 0 Å². The van der Waals surface area contributed by atoms with Crippen LogP contribution in [0.25, 0.3) is 0 Å². The van der Waals surface area contributed by atoms with E-state index in [1.165, 1.54) is 32.8 Å². The van der Waals surface area contributed by atoms with E-state index in [-0.39, 0.29) is 5.16 Å². The third-order valence-electron chi connectivity index (χ3n) is 8.12. The molecule has 1 heterocycles. The van der Waals surface area contributed by atoms with Crippen LogP contribution in [0.3, 0.4) is 0 Å². The molecule has 0 bridgehead atoms. The SMILES string of the molecule is CB(c1ccccc1)c1ccccc1.CC(C)c1cccc([SiH2]C(c2ccccc2)(c2ccccc2)n2ccnc2)c1. The van der Waals surface area contributed by atoms with Crippen molar-refractivity contribution in [2.24, 2.45) is 0 Å². The molecule has 0 fully saturated rings. The Kier molecular flexibility index (Phi) is 9.68. The maximum Gasteiger partial charge on any atom is 0.206 e. The lowest BCUT2D eigenvalue weighted by atomic mass is 9.43. The largest absolute Gasteiger partial charge is 0.326 e. The third kappa shape index (κ3) is 6.72. The summed E-state index contributed by atoms with van der Waals surface area (Å²) in [5.41, 5.74) is 6.80.